The Morgan fingerprint density at radius 3 is 2.70 bits per heavy atom. The van der Waals surface area contributed by atoms with Gasteiger partial charge in [-0.05, 0) is 25.1 Å². The maximum absolute atomic E-state index is 12.5. The fourth-order valence-corrected chi connectivity index (χ4v) is 3.29. The van der Waals surface area contributed by atoms with Gasteiger partial charge in [-0.15, -0.1) is 0 Å². The summed E-state index contributed by atoms with van der Waals surface area (Å²) in [6.07, 6.45) is 1.61. The average Bonchev–Trinajstić information content (AvgIpc) is 2.74. The Hall–Kier alpha value is -3.23. The number of nitrogens with one attached hydrogen (secondary N) is 2. The van der Waals surface area contributed by atoms with E-state index in [2.05, 4.69) is 30.5 Å². The quantitative estimate of drug-likeness (QED) is 0.645. The van der Waals surface area contributed by atoms with Crippen molar-refractivity contribution in [2.24, 2.45) is 0 Å². The lowest BCUT2D eigenvalue weighted by Gasteiger charge is -2.27. The lowest BCUT2D eigenvalue weighted by Crippen LogP contribution is -2.37. The molecule has 9 heteroatoms. The minimum absolute atomic E-state index is 0.287. The van der Waals surface area contributed by atoms with Gasteiger partial charge in [0.25, 0.3) is 5.91 Å². The summed E-state index contributed by atoms with van der Waals surface area (Å²) in [7, 11) is 0. The molecule has 154 valence electrons. The zero-order valence-electron chi connectivity index (χ0n) is 16.4. The number of ether oxygens (including phenoxy) is 1. The summed E-state index contributed by atoms with van der Waals surface area (Å²) in [6, 6.07) is 12.2. The van der Waals surface area contributed by atoms with E-state index in [0.717, 1.165) is 18.8 Å². The Morgan fingerprint density at radius 2 is 1.90 bits per heavy atom. The molecule has 1 aromatic carbocycles. The first-order chi connectivity index (χ1) is 14.6. The van der Waals surface area contributed by atoms with Crippen molar-refractivity contribution in [1.29, 1.82) is 0 Å². The van der Waals surface area contributed by atoms with Crippen molar-refractivity contribution in [1.82, 2.24) is 15.0 Å². The second-order valence-electron chi connectivity index (χ2n) is 6.78. The van der Waals surface area contributed by atoms with Crippen LogP contribution in [-0.4, -0.2) is 47.2 Å². The average molecular weight is 425 g/mol. The monoisotopic (exact) mass is 424 g/mol. The van der Waals surface area contributed by atoms with Gasteiger partial charge in [-0.2, -0.15) is 4.98 Å². The van der Waals surface area contributed by atoms with Crippen LogP contribution in [0.2, 0.25) is 5.02 Å². The topological polar surface area (TPSA) is 92.3 Å². The van der Waals surface area contributed by atoms with Crippen LogP contribution < -0.4 is 15.5 Å². The summed E-state index contributed by atoms with van der Waals surface area (Å²) in [5.41, 5.74) is 1.85. The first-order valence-electron chi connectivity index (χ1n) is 9.56. The molecule has 0 atom stereocenters. The van der Waals surface area contributed by atoms with Gasteiger partial charge in [0.05, 0.1) is 23.8 Å². The number of amides is 1. The minimum Gasteiger partial charge on any atom is -0.378 e. The normalized spacial score (nSPS) is 13.7. The summed E-state index contributed by atoms with van der Waals surface area (Å²) in [6.45, 7) is 4.75. The highest BCUT2D eigenvalue weighted by Gasteiger charge is 2.15. The van der Waals surface area contributed by atoms with E-state index in [1.165, 1.54) is 0 Å². The highest BCUT2D eigenvalue weighted by atomic mass is 35.5. The number of halogens is 1. The Morgan fingerprint density at radius 1 is 1.10 bits per heavy atom. The summed E-state index contributed by atoms with van der Waals surface area (Å²) >= 11 is 6.11. The van der Waals surface area contributed by atoms with Crippen LogP contribution in [0.3, 0.4) is 0 Å². The number of aromatic nitrogens is 3. The summed E-state index contributed by atoms with van der Waals surface area (Å²) in [5.74, 6) is 1.55. The second kappa shape index (κ2) is 9.06. The lowest BCUT2D eigenvalue weighted by molar-refractivity contribution is 0.102. The van der Waals surface area contributed by atoms with E-state index in [4.69, 9.17) is 16.3 Å². The molecule has 0 spiro atoms. The third kappa shape index (κ3) is 4.84. The molecule has 0 saturated carbocycles. The number of carbonyl (C=O) groups is 1. The van der Waals surface area contributed by atoms with E-state index in [1.807, 2.05) is 13.0 Å². The van der Waals surface area contributed by atoms with Crippen LogP contribution in [0.15, 0.2) is 48.7 Å². The molecule has 2 aromatic heterocycles. The van der Waals surface area contributed by atoms with Gasteiger partial charge in [0, 0.05) is 42.8 Å². The fourth-order valence-electron chi connectivity index (χ4n) is 3.07. The number of carbonyl (C=O) groups excluding carboxylic acids is 1. The van der Waals surface area contributed by atoms with Crippen LogP contribution in [-0.2, 0) is 4.74 Å². The highest BCUT2D eigenvalue weighted by molar-refractivity contribution is 6.34. The van der Waals surface area contributed by atoms with E-state index >= 15 is 0 Å². The predicted octanol–water partition coefficient (Wildman–Crippen LogP) is 3.67. The van der Waals surface area contributed by atoms with Gasteiger partial charge in [0.1, 0.15) is 11.6 Å². The molecule has 1 aliphatic heterocycles. The maximum atomic E-state index is 12.5. The number of pyridine rings is 1. The van der Waals surface area contributed by atoms with Crippen LogP contribution in [0.5, 0.6) is 0 Å². The maximum Gasteiger partial charge on any atom is 0.257 e. The van der Waals surface area contributed by atoms with Crippen molar-refractivity contribution in [3.63, 3.8) is 0 Å². The summed E-state index contributed by atoms with van der Waals surface area (Å²) in [5, 5.41) is 6.43. The Balaban J connectivity index is 1.50. The predicted molar refractivity (Wildman–Crippen MR) is 117 cm³/mol. The Bertz CT molecular complexity index is 1060. The first-order valence-corrected chi connectivity index (χ1v) is 9.93. The van der Waals surface area contributed by atoms with Gasteiger partial charge in [-0.1, -0.05) is 23.7 Å². The molecule has 8 nitrogen and oxygen atoms in total. The summed E-state index contributed by atoms with van der Waals surface area (Å²) in [4.78, 5) is 28.0. The number of hydrogen-bond donors (Lipinski definition) is 2. The third-order valence-corrected chi connectivity index (χ3v) is 4.86. The Labute approximate surface area is 179 Å². The van der Waals surface area contributed by atoms with Gasteiger partial charge in [0.2, 0.25) is 5.95 Å². The second-order valence-corrected chi connectivity index (χ2v) is 7.19. The summed E-state index contributed by atoms with van der Waals surface area (Å²) < 4.78 is 5.40. The third-order valence-electron chi connectivity index (χ3n) is 4.53. The van der Waals surface area contributed by atoms with Crippen LogP contribution in [0.25, 0.3) is 0 Å². The molecule has 30 heavy (non-hydrogen) atoms. The van der Waals surface area contributed by atoms with Crippen molar-refractivity contribution in [2.75, 3.05) is 41.8 Å². The number of hydrogen-bond acceptors (Lipinski definition) is 7. The molecule has 0 aliphatic carbocycles. The number of benzene rings is 1. The van der Waals surface area contributed by atoms with Crippen molar-refractivity contribution in [3.8, 4) is 0 Å². The Kier molecular flexibility index (Phi) is 6.06. The number of rotatable bonds is 5. The molecule has 1 aliphatic rings. The van der Waals surface area contributed by atoms with Gasteiger partial charge in [-0.25, -0.2) is 9.97 Å². The largest absolute Gasteiger partial charge is 0.378 e. The standard InChI is InChI=1S/C21H21ClN6O2/c1-14-12-19(27-21(24-14)28-8-10-30-11-9-28)26-18-13-15(6-7-23-18)25-20(29)16-4-2-3-5-17(16)22/h2-7,12-13H,8-11H2,1H3,(H2,23,24,25,26,27,29). The smallest absolute Gasteiger partial charge is 0.257 e. The number of aryl methyl sites for hydroxylation is 1. The molecule has 0 radical (unpaired) electrons. The van der Waals surface area contributed by atoms with E-state index in [-0.39, 0.29) is 5.91 Å². The minimum atomic E-state index is -0.287. The van der Waals surface area contributed by atoms with Crippen molar-refractivity contribution in [2.45, 2.75) is 6.92 Å². The van der Waals surface area contributed by atoms with E-state index in [1.54, 1.807) is 42.6 Å². The molecule has 0 unspecified atom stereocenters. The van der Waals surface area contributed by atoms with Crippen molar-refractivity contribution < 1.29 is 9.53 Å². The molecule has 4 rings (SSSR count). The molecular weight excluding hydrogens is 404 g/mol. The van der Waals surface area contributed by atoms with Crippen molar-refractivity contribution >= 4 is 40.8 Å². The highest BCUT2D eigenvalue weighted by Crippen LogP contribution is 2.21. The van der Waals surface area contributed by atoms with Crippen molar-refractivity contribution in [3.05, 3.63) is 64.9 Å². The van der Waals surface area contributed by atoms with Crippen LogP contribution >= 0.6 is 11.6 Å². The molecular formula is C21H21ClN6O2. The molecule has 0 bridgehead atoms. The number of morpholine rings is 1. The molecule has 3 aromatic rings. The van der Waals surface area contributed by atoms with Gasteiger partial charge in [0.15, 0.2) is 0 Å². The zero-order chi connectivity index (χ0) is 20.9. The molecule has 1 fully saturated rings. The molecule has 1 amide bonds. The van der Waals surface area contributed by atoms with E-state index in [0.29, 0.717) is 47.1 Å². The molecule has 2 N–H and O–H groups in total. The van der Waals surface area contributed by atoms with Crippen LogP contribution in [0.4, 0.5) is 23.3 Å². The van der Waals surface area contributed by atoms with E-state index in [9.17, 15) is 4.79 Å². The first kappa shape index (κ1) is 20.1. The van der Waals surface area contributed by atoms with Gasteiger partial charge >= 0.3 is 0 Å². The van der Waals surface area contributed by atoms with Gasteiger partial charge < -0.3 is 20.3 Å². The molecule has 3 heterocycles. The fraction of sp³-hybridized carbons (Fsp3) is 0.238. The van der Waals surface area contributed by atoms with E-state index < -0.39 is 0 Å². The van der Waals surface area contributed by atoms with Gasteiger partial charge in [-0.3, -0.25) is 4.79 Å². The van der Waals surface area contributed by atoms with Crippen LogP contribution in [0.1, 0.15) is 16.1 Å². The number of nitrogens with zero attached hydrogens (tertiary/aromatic N) is 4. The zero-order valence-corrected chi connectivity index (χ0v) is 17.2. The number of anilines is 4. The molecule has 1 saturated heterocycles. The van der Waals surface area contributed by atoms with Crippen LogP contribution in [0, 0.1) is 6.92 Å². The lowest BCUT2D eigenvalue weighted by atomic mass is 10.2. The SMILES string of the molecule is Cc1cc(Nc2cc(NC(=O)c3ccccc3Cl)ccn2)nc(N2CCOCC2)n1.